The largest absolute Gasteiger partial charge is 0.497 e. The maximum absolute atomic E-state index is 13.2. The first-order valence-electron chi connectivity index (χ1n) is 6.60. The van der Waals surface area contributed by atoms with Gasteiger partial charge in [-0.15, -0.1) is 0 Å². The van der Waals surface area contributed by atoms with Gasteiger partial charge in [-0.3, -0.25) is 4.79 Å². The molecule has 0 saturated heterocycles. The van der Waals surface area contributed by atoms with E-state index >= 15 is 0 Å². The Bertz CT molecular complexity index is 664. The summed E-state index contributed by atoms with van der Waals surface area (Å²) in [4.78, 5) is 11.9. The maximum Gasteiger partial charge on any atom is 0.252 e. The van der Waals surface area contributed by atoms with Gasteiger partial charge in [-0.2, -0.15) is 0 Å². The summed E-state index contributed by atoms with van der Waals surface area (Å²) in [5.41, 5.74) is 0.251. The summed E-state index contributed by atoms with van der Waals surface area (Å²) >= 11 is 3.22. The third-order valence-corrected chi connectivity index (χ3v) is 3.56. The molecule has 0 heterocycles. The van der Waals surface area contributed by atoms with Gasteiger partial charge in [0.05, 0.1) is 19.2 Å². The highest BCUT2D eigenvalue weighted by Crippen LogP contribution is 2.19. The number of halogens is 2. The molecular formula is C16H15BrFNO3. The molecule has 0 bridgehead atoms. The van der Waals surface area contributed by atoms with Crippen LogP contribution in [0.1, 0.15) is 10.4 Å². The molecule has 0 fully saturated rings. The van der Waals surface area contributed by atoms with Gasteiger partial charge in [0, 0.05) is 10.5 Å². The molecule has 2 rings (SSSR count). The standard InChI is InChI=1S/C16H15BrFNO3/c1-21-12-3-2-4-13(10-12)22-8-7-19-16(20)14-9-11(18)5-6-15(14)17/h2-6,9-10H,7-8H2,1H3,(H,19,20). The molecule has 0 atom stereocenters. The molecule has 0 aliphatic rings. The molecule has 0 aliphatic carbocycles. The fourth-order valence-electron chi connectivity index (χ4n) is 1.79. The summed E-state index contributed by atoms with van der Waals surface area (Å²) in [6.45, 7) is 0.602. The van der Waals surface area contributed by atoms with Crippen LogP contribution in [-0.4, -0.2) is 26.2 Å². The topological polar surface area (TPSA) is 47.6 Å². The van der Waals surface area contributed by atoms with Gasteiger partial charge in [0.1, 0.15) is 23.9 Å². The first-order valence-corrected chi connectivity index (χ1v) is 7.39. The lowest BCUT2D eigenvalue weighted by Crippen LogP contribution is -2.28. The molecular weight excluding hydrogens is 353 g/mol. The van der Waals surface area contributed by atoms with Crippen molar-refractivity contribution in [3.63, 3.8) is 0 Å². The van der Waals surface area contributed by atoms with E-state index in [1.165, 1.54) is 18.2 Å². The molecule has 0 aromatic heterocycles. The van der Waals surface area contributed by atoms with Gasteiger partial charge in [0.2, 0.25) is 0 Å². The van der Waals surface area contributed by atoms with Crippen molar-refractivity contribution in [3.8, 4) is 11.5 Å². The predicted molar refractivity (Wildman–Crippen MR) is 84.9 cm³/mol. The molecule has 0 spiro atoms. The van der Waals surface area contributed by atoms with Gasteiger partial charge < -0.3 is 14.8 Å². The van der Waals surface area contributed by atoms with Crippen molar-refractivity contribution >= 4 is 21.8 Å². The first kappa shape index (κ1) is 16.3. The fraction of sp³-hybridized carbons (Fsp3) is 0.188. The Morgan fingerprint density at radius 1 is 1.23 bits per heavy atom. The molecule has 0 saturated carbocycles. The molecule has 2 aromatic rings. The highest BCUT2D eigenvalue weighted by atomic mass is 79.9. The second kappa shape index (κ2) is 7.79. The smallest absolute Gasteiger partial charge is 0.252 e. The van der Waals surface area contributed by atoms with Crippen LogP contribution in [0.4, 0.5) is 4.39 Å². The van der Waals surface area contributed by atoms with Crippen molar-refractivity contribution in [1.29, 1.82) is 0 Å². The zero-order chi connectivity index (χ0) is 15.9. The minimum Gasteiger partial charge on any atom is -0.497 e. The summed E-state index contributed by atoms with van der Waals surface area (Å²) in [5, 5.41) is 2.67. The lowest BCUT2D eigenvalue weighted by atomic mass is 10.2. The molecule has 6 heteroatoms. The van der Waals surface area contributed by atoms with Gasteiger partial charge in [-0.25, -0.2) is 4.39 Å². The van der Waals surface area contributed by atoms with Crippen LogP contribution in [0.5, 0.6) is 11.5 Å². The van der Waals surface area contributed by atoms with E-state index in [1.807, 2.05) is 12.1 Å². The van der Waals surface area contributed by atoms with E-state index in [-0.39, 0.29) is 11.5 Å². The van der Waals surface area contributed by atoms with Crippen molar-refractivity contribution in [2.75, 3.05) is 20.3 Å². The Morgan fingerprint density at radius 2 is 2.00 bits per heavy atom. The normalized spacial score (nSPS) is 10.1. The highest BCUT2D eigenvalue weighted by Gasteiger charge is 2.10. The lowest BCUT2D eigenvalue weighted by molar-refractivity contribution is 0.0945. The van der Waals surface area contributed by atoms with Gasteiger partial charge in [-0.1, -0.05) is 6.07 Å². The quantitative estimate of drug-likeness (QED) is 0.795. The number of rotatable bonds is 6. The Labute approximate surface area is 136 Å². The Kier molecular flexibility index (Phi) is 5.77. The molecule has 0 unspecified atom stereocenters. The Morgan fingerprint density at radius 3 is 2.77 bits per heavy atom. The van der Waals surface area contributed by atoms with Crippen LogP contribution in [0.3, 0.4) is 0 Å². The van der Waals surface area contributed by atoms with Crippen LogP contribution in [0.15, 0.2) is 46.9 Å². The molecule has 1 N–H and O–H groups in total. The van der Waals surface area contributed by atoms with Crippen molar-refractivity contribution in [2.24, 2.45) is 0 Å². The molecule has 2 aromatic carbocycles. The van der Waals surface area contributed by atoms with Crippen LogP contribution in [0, 0.1) is 5.82 Å². The SMILES string of the molecule is COc1cccc(OCCNC(=O)c2cc(F)ccc2Br)c1. The van der Waals surface area contributed by atoms with Crippen molar-refractivity contribution in [2.45, 2.75) is 0 Å². The number of methoxy groups -OCH3 is 1. The van der Waals surface area contributed by atoms with Crippen LogP contribution in [-0.2, 0) is 0 Å². The molecule has 116 valence electrons. The Hall–Kier alpha value is -2.08. The predicted octanol–water partition coefficient (Wildman–Crippen LogP) is 3.41. The highest BCUT2D eigenvalue weighted by molar-refractivity contribution is 9.10. The minimum absolute atomic E-state index is 0.251. The zero-order valence-electron chi connectivity index (χ0n) is 11.9. The summed E-state index contributed by atoms with van der Waals surface area (Å²) in [7, 11) is 1.58. The maximum atomic E-state index is 13.2. The third kappa shape index (κ3) is 4.46. The second-order valence-corrected chi connectivity index (χ2v) is 5.26. The number of ether oxygens (including phenoxy) is 2. The van der Waals surface area contributed by atoms with Crippen LogP contribution in [0.2, 0.25) is 0 Å². The number of carbonyl (C=O) groups is 1. The monoisotopic (exact) mass is 367 g/mol. The average Bonchev–Trinajstić information content (AvgIpc) is 2.54. The molecule has 4 nitrogen and oxygen atoms in total. The summed E-state index contributed by atoms with van der Waals surface area (Å²) < 4.78 is 24.3. The van der Waals surface area contributed by atoms with Gasteiger partial charge >= 0.3 is 0 Å². The molecule has 22 heavy (non-hydrogen) atoms. The number of benzene rings is 2. The first-order chi connectivity index (χ1) is 10.6. The summed E-state index contributed by atoms with van der Waals surface area (Å²) in [6, 6.07) is 11.2. The second-order valence-electron chi connectivity index (χ2n) is 4.41. The molecule has 1 amide bonds. The average molecular weight is 368 g/mol. The van der Waals surface area contributed by atoms with E-state index in [2.05, 4.69) is 21.2 Å². The van der Waals surface area contributed by atoms with Crippen molar-refractivity contribution < 1.29 is 18.7 Å². The number of nitrogens with one attached hydrogen (secondary N) is 1. The zero-order valence-corrected chi connectivity index (χ0v) is 13.5. The van der Waals surface area contributed by atoms with E-state index < -0.39 is 5.82 Å². The lowest BCUT2D eigenvalue weighted by Gasteiger charge is -2.09. The van der Waals surface area contributed by atoms with Crippen LogP contribution >= 0.6 is 15.9 Å². The number of carbonyl (C=O) groups excluding carboxylic acids is 1. The van der Waals surface area contributed by atoms with E-state index in [0.717, 1.165) is 0 Å². The molecule has 0 radical (unpaired) electrons. The summed E-state index contributed by atoms with van der Waals surface area (Å²) in [6.07, 6.45) is 0. The van der Waals surface area contributed by atoms with E-state index in [9.17, 15) is 9.18 Å². The van der Waals surface area contributed by atoms with E-state index in [4.69, 9.17) is 9.47 Å². The van der Waals surface area contributed by atoms with E-state index in [1.54, 1.807) is 19.2 Å². The fourth-order valence-corrected chi connectivity index (χ4v) is 2.22. The number of hydrogen-bond donors (Lipinski definition) is 1. The summed E-state index contributed by atoms with van der Waals surface area (Å²) in [5.74, 6) is 0.535. The minimum atomic E-state index is -0.457. The van der Waals surface area contributed by atoms with E-state index in [0.29, 0.717) is 29.1 Å². The van der Waals surface area contributed by atoms with Gasteiger partial charge in [-0.05, 0) is 46.3 Å². The van der Waals surface area contributed by atoms with Gasteiger partial charge in [0.15, 0.2) is 0 Å². The molecule has 0 aliphatic heterocycles. The van der Waals surface area contributed by atoms with Gasteiger partial charge in [0.25, 0.3) is 5.91 Å². The third-order valence-electron chi connectivity index (χ3n) is 2.87. The van der Waals surface area contributed by atoms with Crippen LogP contribution < -0.4 is 14.8 Å². The Balaban J connectivity index is 1.83. The van der Waals surface area contributed by atoms with Crippen molar-refractivity contribution in [3.05, 3.63) is 58.3 Å². The van der Waals surface area contributed by atoms with Crippen LogP contribution in [0.25, 0.3) is 0 Å². The number of hydrogen-bond acceptors (Lipinski definition) is 3. The van der Waals surface area contributed by atoms with Crippen molar-refractivity contribution in [1.82, 2.24) is 5.32 Å². The number of amides is 1.